The molecule has 0 spiro atoms. The number of hydrogen-bond donors (Lipinski definition) is 0. The van der Waals surface area contributed by atoms with Crippen molar-refractivity contribution >= 4 is 27.4 Å². The fraction of sp³-hybridized carbons (Fsp3) is 0.143. The SMILES string of the molecule is COc1cc(F)cc(F)[c]1[Al]([c]1c(F)cc(F)c(C)c1F)[c]1c(F)cc(F)c(C)c1F. The number of benzene rings is 3. The van der Waals surface area contributed by atoms with Crippen LogP contribution in [0.5, 0.6) is 5.75 Å². The first-order chi connectivity index (χ1) is 14.5. The van der Waals surface area contributed by atoms with Crippen molar-refractivity contribution in [1.29, 1.82) is 0 Å². The van der Waals surface area contributed by atoms with Gasteiger partial charge in [-0.1, -0.05) is 0 Å². The van der Waals surface area contributed by atoms with Gasteiger partial charge in [0.1, 0.15) is 52.3 Å². The summed E-state index contributed by atoms with van der Waals surface area (Å²) in [7, 11) is 0.994. The van der Waals surface area contributed by atoms with Gasteiger partial charge in [0.15, 0.2) is 0 Å². The lowest BCUT2D eigenvalue weighted by atomic mass is 10.2. The Balaban J connectivity index is 2.54. The average Bonchev–Trinajstić information content (AvgIpc) is 2.69. The lowest BCUT2D eigenvalue weighted by Gasteiger charge is -2.21. The van der Waals surface area contributed by atoms with Crippen LogP contribution in [0.3, 0.4) is 0 Å². The predicted molar refractivity (Wildman–Crippen MR) is 99.7 cm³/mol. The van der Waals surface area contributed by atoms with Gasteiger partial charge in [-0.3, -0.25) is 0 Å². The summed E-state index contributed by atoms with van der Waals surface area (Å²) < 4.78 is 118. The van der Waals surface area contributed by atoms with Gasteiger partial charge in [0.25, 0.3) is 0 Å². The molecule has 0 aliphatic heterocycles. The van der Waals surface area contributed by atoms with Gasteiger partial charge in [0.05, 0.1) is 7.11 Å². The van der Waals surface area contributed by atoms with Gasteiger partial charge in [0.2, 0.25) is 0 Å². The molecule has 0 saturated heterocycles. The quantitative estimate of drug-likeness (QED) is 0.424. The first-order valence-corrected chi connectivity index (χ1v) is 10.5. The molecule has 0 atom stereocenters. The van der Waals surface area contributed by atoms with E-state index in [0.29, 0.717) is 24.3 Å². The van der Waals surface area contributed by atoms with Crippen LogP contribution in [0.2, 0.25) is 0 Å². The molecular weight excluding hydrogens is 447 g/mol. The van der Waals surface area contributed by atoms with Crippen molar-refractivity contribution in [2.45, 2.75) is 13.8 Å². The molecule has 0 radical (unpaired) electrons. The molecule has 0 bridgehead atoms. The maximum absolute atomic E-state index is 15.0. The molecular formula is C21H13AlF8O. The summed E-state index contributed by atoms with van der Waals surface area (Å²) in [5.41, 5.74) is -1.34. The largest absolute Gasteiger partial charge is 0.498 e. The number of ether oxygens (including phenoxy) is 1. The Morgan fingerprint density at radius 3 is 1.42 bits per heavy atom. The van der Waals surface area contributed by atoms with Crippen LogP contribution in [0.25, 0.3) is 0 Å². The Kier molecular flexibility index (Phi) is 6.35. The van der Waals surface area contributed by atoms with E-state index in [1.165, 1.54) is 0 Å². The van der Waals surface area contributed by atoms with Crippen LogP contribution in [0.15, 0.2) is 24.3 Å². The third-order valence-corrected chi connectivity index (χ3v) is 8.36. The molecule has 0 aliphatic rings. The molecule has 3 rings (SSSR count). The van der Waals surface area contributed by atoms with Gasteiger partial charge in [-0.2, -0.15) is 0 Å². The third-order valence-electron chi connectivity index (χ3n) is 5.01. The molecule has 0 amide bonds. The number of halogens is 8. The predicted octanol–water partition coefficient (Wildman–Crippen LogP) is 3.94. The number of hydrogen-bond acceptors (Lipinski definition) is 1. The first kappa shape index (κ1) is 23.1. The molecule has 0 saturated carbocycles. The molecule has 0 unspecified atom stereocenters. The normalized spacial score (nSPS) is 11.1. The van der Waals surface area contributed by atoms with E-state index in [1.54, 1.807) is 0 Å². The van der Waals surface area contributed by atoms with Crippen molar-refractivity contribution in [1.82, 2.24) is 0 Å². The van der Waals surface area contributed by atoms with Crippen LogP contribution in [-0.2, 0) is 0 Å². The van der Waals surface area contributed by atoms with Gasteiger partial charge in [-0.15, -0.1) is 0 Å². The lowest BCUT2D eigenvalue weighted by Crippen LogP contribution is -2.58. The Bertz CT molecular complexity index is 1130. The van der Waals surface area contributed by atoms with Gasteiger partial charge >= 0.3 is 14.1 Å². The van der Waals surface area contributed by atoms with E-state index in [4.69, 9.17) is 4.74 Å². The molecule has 0 aromatic heterocycles. The van der Waals surface area contributed by atoms with Gasteiger partial charge in [0, 0.05) is 35.4 Å². The van der Waals surface area contributed by atoms with Crippen molar-refractivity contribution in [3.05, 3.63) is 81.9 Å². The van der Waals surface area contributed by atoms with E-state index in [0.717, 1.165) is 21.0 Å². The third kappa shape index (κ3) is 3.90. The maximum Gasteiger partial charge on any atom is 0.413 e. The highest BCUT2D eigenvalue weighted by molar-refractivity contribution is 6.96. The van der Waals surface area contributed by atoms with Crippen LogP contribution in [-0.4, -0.2) is 21.3 Å². The highest BCUT2D eigenvalue weighted by Gasteiger charge is 2.41. The molecule has 0 aliphatic carbocycles. The fourth-order valence-electron chi connectivity index (χ4n) is 3.39. The van der Waals surface area contributed by atoms with Crippen LogP contribution in [0.1, 0.15) is 11.1 Å². The Morgan fingerprint density at radius 2 is 1.00 bits per heavy atom. The summed E-state index contributed by atoms with van der Waals surface area (Å²) in [6.45, 7) is 1.92. The van der Waals surface area contributed by atoms with Crippen molar-refractivity contribution < 1.29 is 39.9 Å². The smallest absolute Gasteiger partial charge is 0.413 e. The Labute approximate surface area is 176 Å². The zero-order chi connectivity index (χ0) is 23.2. The Morgan fingerprint density at radius 1 is 0.581 bits per heavy atom. The molecule has 162 valence electrons. The molecule has 0 heterocycles. The molecule has 0 N–H and O–H groups in total. The minimum absolute atomic E-state index is 0.299. The number of rotatable bonds is 4. The van der Waals surface area contributed by atoms with Crippen molar-refractivity contribution in [2.75, 3.05) is 7.11 Å². The van der Waals surface area contributed by atoms with Crippen LogP contribution >= 0.6 is 0 Å². The van der Waals surface area contributed by atoms with Crippen molar-refractivity contribution in [2.24, 2.45) is 0 Å². The van der Waals surface area contributed by atoms with Gasteiger partial charge in [-0.25, -0.2) is 35.1 Å². The summed E-state index contributed by atoms with van der Waals surface area (Å²) >= 11 is -4.18. The summed E-state index contributed by atoms with van der Waals surface area (Å²) in [4.78, 5) is 0. The van der Waals surface area contributed by atoms with Gasteiger partial charge < -0.3 is 4.74 Å². The second kappa shape index (κ2) is 8.52. The zero-order valence-electron chi connectivity index (χ0n) is 16.3. The molecule has 3 aromatic carbocycles. The summed E-state index contributed by atoms with van der Waals surface area (Å²) in [5, 5.41) is 0. The van der Waals surface area contributed by atoms with E-state index >= 15 is 8.78 Å². The summed E-state index contributed by atoms with van der Waals surface area (Å²) in [5.74, 6) is -11.6. The molecule has 1 nitrogen and oxygen atoms in total. The van der Waals surface area contributed by atoms with Crippen molar-refractivity contribution in [3.63, 3.8) is 0 Å². The van der Waals surface area contributed by atoms with E-state index < -0.39 is 90.8 Å². The van der Waals surface area contributed by atoms with E-state index in [-0.39, 0.29) is 0 Å². The van der Waals surface area contributed by atoms with Gasteiger partial charge in [-0.05, 0) is 27.1 Å². The second-order valence-electron chi connectivity index (χ2n) is 6.82. The molecule has 31 heavy (non-hydrogen) atoms. The fourth-order valence-corrected chi connectivity index (χ4v) is 6.76. The van der Waals surface area contributed by atoms with E-state index in [2.05, 4.69) is 0 Å². The van der Waals surface area contributed by atoms with Crippen LogP contribution < -0.4 is 18.0 Å². The topological polar surface area (TPSA) is 9.23 Å². The standard InChI is InChI=1S/2C7H4F3.C7H5F2O.Al/c2*1-4-6(9)2-5(8)3-7(4)10;1-10-7-3-5(8)2-6(9)4-7;/h2*2H,1H3;2-3H,1H3;. The highest BCUT2D eigenvalue weighted by Crippen LogP contribution is 2.21. The van der Waals surface area contributed by atoms with Crippen LogP contribution in [0.4, 0.5) is 35.1 Å². The van der Waals surface area contributed by atoms with E-state index in [1.807, 2.05) is 0 Å². The summed E-state index contributed by atoms with van der Waals surface area (Å²) in [6, 6.07) is 1.63. The Hall–Kier alpha value is -2.57. The average molecular weight is 460 g/mol. The monoisotopic (exact) mass is 460 g/mol. The molecule has 0 fully saturated rings. The molecule has 10 heteroatoms. The molecule has 3 aromatic rings. The minimum Gasteiger partial charge on any atom is -0.498 e. The maximum atomic E-state index is 15.0. The minimum atomic E-state index is -4.18. The highest BCUT2D eigenvalue weighted by atomic mass is 27.2. The second-order valence-corrected chi connectivity index (χ2v) is 9.42. The lowest BCUT2D eigenvalue weighted by molar-refractivity contribution is 0.411. The van der Waals surface area contributed by atoms with Crippen LogP contribution in [0, 0.1) is 60.4 Å². The first-order valence-electron chi connectivity index (χ1n) is 8.80. The van der Waals surface area contributed by atoms with E-state index in [9.17, 15) is 26.3 Å². The summed E-state index contributed by atoms with van der Waals surface area (Å²) in [6.07, 6.45) is 0. The van der Waals surface area contributed by atoms with Crippen molar-refractivity contribution in [3.8, 4) is 5.75 Å². The zero-order valence-corrected chi connectivity index (χ0v) is 17.5. The number of methoxy groups -OCH3 is 1.